The van der Waals surface area contributed by atoms with Crippen LogP contribution in [0.25, 0.3) is 0 Å². The van der Waals surface area contributed by atoms with E-state index in [0.717, 1.165) is 0 Å². The van der Waals surface area contributed by atoms with Gasteiger partial charge in [-0.05, 0) is 30.3 Å². The maximum absolute atomic E-state index is 12.5. The minimum atomic E-state index is -1.41. The van der Waals surface area contributed by atoms with Gasteiger partial charge < -0.3 is 19.7 Å². The number of hydrogen-bond donors (Lipinski definition) is 2. The Bertz CT molecular complexity index is 1030. The number of esters is 1. The van der Waals surface area contributed by atoms with Gasteiger partial charge in [0.15, 0.2) is 5.60 Å². The summed E-state index contributed by atoms with van der Waals surface area (Å²) in [7, 11) is 0. The number of rotatable bonds is 3. The van der Waals surface area contributed by atoms with Gasteiger partial charge in [-0.2, -0.15) is 0 Å². The quantitative estimate of drug-likeness (QED) is 0.396. The number of carbonyl (C=O) groups is 2. The molecule has 0 amide bonds. The normalized spacial score (nSPS) is 17.2. The van der Waals surface area contributed by atoms with Crippen LogP contribution in [0.3, 0.4) is 0 Å². The molecule has 4 rings (SSSR count). The third-order valence-corrected chi connectivity index (χ3v) is 4.51. The van der Waals surface area contributed by atoms with Gasteiger partial charge in [0, 0.05) is 16.7 Å². The van der Waals surface area contributed by atoms with E-state index in [1.165, 1.54) is 24.3 Å². The summed E-state index contributed by atoms with van der Waals surface area (Å²) in [6.07, 6.45) is -1.41. The van der Waals surface area contributed by atoms with Crippen molar-refractivity contribution in [2.45, 2.75) is 5.60 Å². The fraction of sp³-hybridized carbons (Fsp3) is 0.0476. The number of fused-ring (bicyclic) bond motifs is 1. The van der Waals surface area contributed by atoms with Crippen molar-refractivity contribution in [3.05, 3.63) is 95.1 Å². The van der Waals surface area contributed by atoms with E-state index < -0.39 is 17.7 Å². The van der Waals surface area contributed by atoms with Crippen LogP contribution < -0.4 is 4.74 Å². The SMILES string of the molecule is O=C(O)Oc1ccc(C2(c3ccc(O)cc3)OC(=O)c3ccccc32)cc1.[CaH2]. The third-order valence-electron chi connectivity index (χ3n) is 4.51. The van der Waals surface area contributed by atoms with Crippen LogP contribution in [0.15, 0.2) is 72.8 Å². The van der Waals surface area contributed by atoms with E-state index in [1.807, 2.05) is 12.1 Å². The maximum atomic E-state index is 12.5. The number of phenols is 1. The van der Waals surface area contributed by atoms with E-state index in [9.17, 15) is 14.7 Å². The van der Waals surface area contributed by atoms with Crippen molar-refractivity contribution < 1.29 is 29.3 Å². The van der Waals surface area contributed by atoms with Crippen molar-refractivity contribution in [2.75, 3.05) is 0 Å². The number of carboxylic acid groups (broad SMARTS) is 1. The van der Waals surface area contributed by atoms with Crippen LogP contribution in [0.2, 0.25) is 0 Å². The molecule has 7 heteroatoms. The number of benzene rings is 3. The second kappa shape index (κ2) is 7.83. The number of hydrogen-bond acceptors (Lipinski definition) is 5. The van der Waals surface area contributed by atoms with E-state index in [1.54, 1.807) is 36.4 Å². The van der Waals surface area contributed by atoms with Crippen LogP contribution >= 0.6 is 0 Å². The molecule has 0 saturated heterocycles. The van der Waals surface area contributed by atoms with Crippen LogP contribution in [-0.4, -0.2) is 60.1 Å². The molecule has 0 fully saturated rings. The molecule has 3 aromatic carbocycles. The summed E-state index contributed by atoms with van der Waals surface area (Å²) in [5.41, 5.74) is 1.21. The molecule has 138 valence electrons. The van der Waals surface area contributed by atoms with Crippen LogP contribution in [0.1, 0.15) is 27.0 Å². The standard InChI is InChI=1S/C21H14O6.Ca.2H/c22-15-9-5-13(6-10-15)21(14-7-11-16(12-8-14)26-20(24)25)18-4-2-1-3-17(18)19(23)27-21;;;/h1-12,22H,(H,24,25);;;. The van der Waals surface area contributed by atoms with Gasteiger partial charge in [-0.25, -0.2) is 9.59 Å². The minimum absolute atomic E-state index is 0. The molecular formula is C21H16CaO6. The molecule has 6 nitrogen and oxygen atoms in total. The Morgan fingerprint density at radius 3 is 2.07 bits per heavy atom. The molecule has 1 atom stereocenters. The Kier molecular flexibility index (Phi) is 5.65. The molecule has 1 heterocycles. The summed E-state index contributed by atoms with van der Waals surface area (Å²) in [6, 6.07) is 19.8. The summed E-state index contributed by atoms with van der Waals surface area (Å²) >= 11 is 0. The van der Waals surface area contributed by atoms with Crippen LogP contribution in [0.4, 0.5) is 4.79 Å². The Hall–Kier alpha value is -2.54. The zero-order valence-corrected chi connectivity index (χ0v) is 14.0. The van der Waals surface area contributed by atoms with E-state index >= 15 is 0 Å². The van der Waals surface area contributed by atoms with Gasteiger partial charge in [-0.15, -0.1) is 0 Å². The van der Waals surface area contributed by atoms with Crippen molar-refractivity contribution >= 4 is 49.9 Å². The second-order valence-corrected chi connectivity index (χ2v) is 6.06. The molecule has 0 saturated carbocycles. The molecule has 2 N–H and O–H groups in total. The molecule has 1 aliphatic rings. The third kappa shape index (κ3) is 3.35. The first-order chi connectivity index (χ1) is 13.0. The molecule has 28 heavy (non-hydrogen) atoms. The Labute approximate surface area is 190 Å². The Balaban J connectivity index is 0.00000225. The summed E-state index contributed by atoms with van der Waals surface area (Å²) in [5.74, 6) is -0.203. The topological polar surface area (TPSA) is 93.1 Å². The predicted molar refractivity (Wildman–Crippen MR) is 103 cm³/mol. The molecule has 0 bridgehead atoms. The van der Waals surface area contributed by atoms with Gasteiger partial charge in [-0.3, -0.25) is 0 Å². The molecule has 1 aliphatic heterocycles. The molecular weight excluding hydrogens is 388 g/mol. The molecule has 0 spiro atoms. The van der Waals surface area contributed by atoms with Gasteiger partial charge in [0.25, 0.3) is 0 Å². The number of carbonyl (C=O) groups excluding carboxylic acids is 1. The van der Waals surface area contributed by atoms with Gasteiger partial charge >= 0.3 is 49.9 Å². The number of ether oxygens (including phenoxy) is 2. The van der Waals surface area contributed by atoms with Gasteiger partial charge in [0.05, 0.1) is 5.56 Å². The average Bonchev–Trinajstić information content (AvgIpc) is 2.97. The first-order valence-electron chi connectivity index (χ1n) is 8.14. The summed E-state index contributed by atoms with van der Waals surface area (Å²) in [6.45, 7) is 0. The van der Waals surface area contributed by atoms with Gasteiger partial charge in [0.2, 0.25) is 0 Å². The fourth-order valence-corrected chi connectivity index (χ4v) is 3.37. The summed E-state index contributed by atoms with van der Waals surface area (Å²) in [4.78, 5) is 23.3. The summed E-state index contributed by atoms with van der Waals surface area (Å²) in [5, 5.41) is 18.4. The van der Waals surface area contributed by atoms with E-state index in [0.29, 0.717) is 22.3 Å². The first-order valence-corrected chi connectivity index (χ1v) is 8.14. The van der Waals surface area contributed by atoms with E-state index in [-0.39, 0.29) is 49.2 Å². The van der Waals surface area contributed by atoms with E-state index in [2.05, 4.69) is 4.74 Å². The average molecular weight is 404 g/mol. The van der Waals surface area contributed by atoms with Crippen molar-refractivity contribution in [1.29, 1.82) is 0 Å². The first kappa shape index (κ1) is 20.2. The van der Waals surface area contributed by atoms with Gasteiger partial charge in [0.1, 0.15) is 11.5 Å². The van der Waals surface area contributed by atoms with Crippen molar-refractivity contribution in [2.24, 2.45) is 0 Å². The Morgan fingerprint density at radius 2 is 1.46 bits per heavy atom. The number of cyclic esters (lactones) is 1. The number of phenolic OH excluding ortho intramolecular Hbond substituents is 1. The van der Waals surface area contributed by atoms with Crippen molar-refractivity contribution in [3.8, 4) is 11.5 Å². The van der Waals surface area contributed by atoms with Gasteiger partial charge in [-0.1, -0.05) is 42.5 Å². The van der Waals surface area contributed by atoms with Crippen molar-refractivity contribution in [3.63, 3.8) is 0 Å². The summed E-state index contributed by atoms with van der Waals surface area (Å²) < 4.78 is 10.5. The molecule has 0 aromatic heterocycles. The molecule has 1 unspecified atom stereocenters. The van der Waals surface area contributed by atoms with Crippen LogP contribution in [-0.2, 0) is 10.3 Å². The van der Waals surface area contributed by atoms with E-state index in [4.69, 9.17) is 9.84 Å². The second-order valence-electron chi connectivity index (χ2n) is 6.06. The number of aromatic hydroxyl groups is 1. The molecule has 0 radical (unpaired) electrons. The molecule has 0 aliphatic carbocycles. The Morgan fingerprint density at radius 1 is 0.893 bits per heavy atom. The predicted octanol–water partition coefficient (Wildman–Crippen LogP) is 3.00. The molecule has 3 aromatic rings. The van der Waals surface area contributed by atoms with Crippen LogP contribution in [0, 0.1) is 0 Å². The zero-order valence-electron chi connectivity index (χ0n) is 14.0. The zero-order chi connectivity index (χ0) is 19.0. The fourth-order valence-electron chi connectivity index (χ4n) is 3.37. The van der Waals surface area contributed by atoms with Crippen molar-refractivity contribution in [1.82, 2.24) is 0 Å². The monoisotopic (exact) mass is 404 g/mol. The van der Waals surface area contributed by atoms with Crippen LogP contribution in [0.5, 0.6) is 11.5 Å².